The minimum atomic E-state index is -0.536. The molecule has 0 radical (unpaired) electrons. The van der Waals surface area contributed by atoms with Gasteiger partial charge in [0, 0.05) is 18.1 Å². The lowest BCUT2D eigenvalue weighted by atomic mass is 10.1. The van der Waals surface area contributed by atoms with Gasteiger partial charge in [0.25, 0.3) is 0 Å². The maximum absolute atomic E-state index is 13.7. The zero-order chi connectivity index (χ0) is 14.5. The Morgan fingerprint density at radius 1 is 1.50 bits per heavy atom. The third-order valence-electron chi connectivity index (χ3n) is 2.76. The largest absolute Gasteiger partial charge is 0.462 e. The van der Waals surface area contributed by atoms with Crippen molar-refractivity contribution in [1.82, 2.24) is 4.98 Å². The van der Waals surface area contributed by atoms with Crippen LogP contribution in [-0.2, 0) is 4.74 Å². The monoisotopic (exact) mass is 278 g/mol. The van der Waals surface area contributed by atoms with E-state index in [0.717, 1.165) is 0 Å². The number of carbonyl (C=O) groups excluding carboxylic acids is 1. The second-order valence-electron chi connectivity index (χ2n) is 4.05. The smallest absolute Gasteiger partial charge is 0.341 e. The van der Waals surface area contributed by atoms with Crippen LogP contribution in [0.15, 0.2) is 24.4 Å². The number of nitrogens with zero attached hydrogens (tertiary/aromatic N) is 1. The molecule has 0 aliphatic rings. The van der Waals surface area contributed by atoms with E-state index in [9.17, 15) is 9.18 Å². The zero-order valence-corrected chi connectivity index (χ0v) is 11.0. The molecular weight excluding hydrogens is 263 g/mol. The van der Waals surface area contributed by atoms with Gasteiger partial charge in [0.05, 0.1) is 18.9 Å². The molecule has 0 unspecified atom stereocenters. The highest BCUT2D eigenvalue weighted by atomic mass is 19.1. The van der Waals surface area contributed by atoms with Crippen molar-refractivity contribution < 1.29 is 19.0 Å². The van der Waals surface area contributed by atoms with Crippen molar-refractivity contribution in [2.75, 3.05) is 25.1 Å². The summed E-state index contributed by atoms with van der Waals surface area (Å²) in [5.74, 6) is -1.00. The fourth-order valence-electron chi connectivity index (χ4n) is 1.92. The van der Waals surface area contributed by atoms with Gasteiger partial charge in [0.2, 0.25) is 0 Å². The van der Waals surface area contributed by atoms with Crippen LogP contribution in [0.3, 0.4) is 0 Å². The molecule has 0 spiro atoms. The number of esters is 1. The first-order valence-electron chi connectivity index (χ1n) is 6.28. The van der Waals surface area contributed by atoms with Crippen LogP contribution in [0.25, 0.3) is 10.9 Å². The molecule has 0 aliphatic heterocycles. The SMILES string of the molecule is CCOC(=O)c1cnc2c(F)cccc2c1NCCO. The zero-order valence-electron chi connectivity index (χ0n) is 11.0. The molecule has 6 heteroatoms. The third kappa shape index (κ3) is 2.70. The number of aliphatic hydroxyl groups excluding tert-OH is 1. The molecule has 5 nitrogen and oxygen atoms in total. The van der Waals surface area contributed by atoms with E-state index in [-0.39, 0.29) is 30.8 Å². The number of hydrogen-bond donors (Lipinski definition) is 2. The van der Waals surface area contributed by atoms with Crippen LogP contribution in [0.2, 0.25) is 0 Å². The van der Waals surface area contributed by atoms with Crippen molar-refractivity contribution in [2.45, 2.75) is 6.92 Å². The normalized spacial score (nSPS) is 10.6. The van der Waals surface area contributed by atoms with E-state index in [2.05, 4.69) is 10.3 Å². The Kier molecular flexibility index (Phi) is 4.47. The molecule has 0 atom stereocenters. The number of halogens is 1. The molecule has 1 heterocycles. The molecule has 1 aromatic heterocycles. The fraction of sp³-hybridized carbons (Fsp3) is 0.286. The van der Waals surface area contributed by atoms with Gasteiger partial charge in [0.15, 0.2) is 0 Å². The Hall–Kier alpha value is -2.21. The maximum atomic E-state index is 13.7. The quantitative estimate of drug-likeness (QED) is 0.818. The lowest BCUT2D eigenvalue weighted by Gasteiger charge is -2.13. The summed E-state index contributed by atoms with van der Waals surface area (Å²) in [6.45, 7) is 2.07. The molecule has 0 fully saturated rings. The Bertz CT molecular complexity index is 631. The van der Waals surface area contributed by atoms with Gasteiger partial charge in [-0.1, -0.05) is 12.1 Å². The standard InChI is InChI=1S/C14H15FN2O3/c1-2-20-14(19)10-8-17-13-9(4-3-5-11(13)15)12(10)16-6-7-18/h3-5,8,18H,2,6-7H2,1H3,(H,16,17). The predicted molar refractivity (Wildman–Crippen MR) is 73.2 cm³/mol. The summed E-state index contributed by atoms with van der Waals surface area (Å²) in [4.78, 5) is 15.9. The van der Waals surface area contributed by atoms with E-state index in [1.54, 1.807) is 19.1 Å². The van der Waals surface area contributed by atoms with Gasteiger partial charge in [0.1, 0.15) is 16.9 Å². The number of para-hydroxylation sites is 1. The molecule has 0 aliphatic carbocycles. The van der Waals surface area contributed by atoms with Crippen LogP contribution < -0.4 is 5.32 Å². The van der Waals surface area contributed by atoms with E-state index in [0.29, 0.717) is 11.1 Å². The molecule has 106 valence electrons. The van der Waals surface area contributed by atoms with Gasteiger partial charge in [-0.3, -0.25) is 4.98 Å². The number of hydrogen-bond acceptors (Lipinski definition) is 5. The molecule has 2 rings (SSSR count). The number of carbonyl (C=O) groups is 1. The third-order valence-corrected chi connectivity index (χ3v) is 2.76. The molecule has 2 N–H and O–H groups in total. The molecule has 0 amide bonds. The number of fused-ring (bicyclic) bond motifs is 1. The number of anilines is 1. The van der Waals surface area contributed by atoms with Gasteiger partial charge in [-0.25, -0.2) is 9.18 Å². The number of benzene rings is 1. The Balaban J connectivity index is 2.59. The summed E-state index contributed by atoms with van der Waals surface area (Å²) < 4.78 is 18.7. The van der Waals surface area contributed by atoms with Crippen molar-refractivity contribution in [3.63, 3.8) is 0 Å². The minimum absolute atomic E-state index is 0.110. The Labute approximate surface area is 115 Å². The van der Waals surface area contributed by atoms with Crippen molar-refractivity contribution >= 4 is 22.6 Å². The van der Waals surface area contributed by atoms with Crippen molar-refractivity contribution in [3.8, 4) is 0 Å². The number of nitrogens with one attached hydrogen (secondary N) is 1. The Morgan fingerprint density at radius 2 is 2.30 bits per heavy atom. The molecule has 0 saturated heterocycles. The van der Waals surface area contributed by atoms with E-state index in [1.807, 2.05) is 0 Å². The second-order valence-corrected chi connectivity index (χ2v) is 4.05. The van der Waals surface area contributed by atoms with Crippen LogP contribution in [-0.4, -0.2) is 35.8 Å². The highest BCUT2D eigenvalue weighted by Crippen LogP contribution is 2.27. The van der Waals surface area contributed by atoms with E-state index < -0.39 is 11.8 Å². The molecule has 1 aromatic carbocycles. The van der Waals surface area contributed by atoms with Crippen LogP contribution in [0, 0.1) is 5.82 Å². The summed E-state index contributed by atoms with van der Waals surface area (Å²) in [6.07, 6.45) is 1.28. The van der Waals surface area contributed by atoms with E-state index >= 15 is 0 Å². The first kappa shape index (κ1) is 14.2. The number of rotatable bonds is 5. The highest BCUT2D eigenvalue weighted by Gasteiger charge is 2.17. The molecule has 0 saturated carbocycles. The minimum Gasteiger partial charge on any atom is -0.462 e. The van der Waals surface area contributed by atoms with Gasteiger partial charge < -0.3 is 15.2 Å². The number of ether oxygens (including phenoxy) is 1. The molecular formula is C14H15FN2O3. The summed E-state index contributed by atoms with van der Waals surface area (Å²) in [5.41, 5.74) is 0.807. The van der Waals surface area contributed by atoms with Crippen LogP contribution >= 0.6 is 0 Å². The van der Waals surface area contributed by atoms with E-state index in [4.69, 9.17) is 9.84 Å². The number of aromatic nitrogens is 1. The summed E-state index contributed by atoms with van der Waals surface area (Å²) >= 11 is 0. The average molecular weight is 278 g/mol. The lowest BCUT2D eigenvalue weighted by Crippen LogP contribution is -2.13. The molecule has 0 bridgehead atoms. The Morgan fingerprint density at radius 3 is 3.00 bits per heavy atom. The van der Waals surface area contributed by atoms with E-state index in [1.165, 1.54) is 12.3 Å². The number of pyridine rings is 1. The predicted octanol–water partition coefficient (Wildman–Crippen LogP) is 1.95. The van der Waals surface area contributed by atoms with Crippen molar-refractivity contribution in [1.29, 1.82) is 0 Å². The second kappa shape index (κ2) is 6.29. The van der Waals surface area contributed by atoms with Crippen LogP contribution in [0.1, 0.15) is 17.3 Å². The van der Waals surface area contributed by atoms with Crippen molar-refractivity contribution in [3.05, 3.63) is 35.8 Å². The van der Waals surface area contributed by atoms with Gasteiger partial charge in [-0.2, -0.15) is 0 Å². The van der Waals surface area contributed by atoms with Crippen LogP contribution in [0.5, 0.6) is 0 Å². The molecule has 20 heavy (non-hydrogen) atoms. The van der Waals surface area contributed by atoms with Gasteiger partial charge in [-0.15, -0.1) is 0 Å². The first-order valence-corrected chi connectivity index (χ1v) is 6.28. The van der Waals surface area contributed by atoms with Gasteiger partial charge in [-0.05, 0) is 13.0 Å². The average Bonchev–Trinajstić information content (AvgIpc) is 2.45. The highest BCUT2D eigenvalue weighted by molar-refractivity contribution is 6.04. The van der Waals surface area contributed by atoms with Crippen molar-refractivity contribution in [2.24, 2.45) is 0 Å². The topological polar surface area (TPSA) is 71.5 Å². The lowest BCUT2D eigenvalue weighted by molar-refractivity contribution is 0.0527. The van der Waals surface area contributed by atoms with Gasteiger partial charge >= 0.3 is 5.97 Å². The maximum Gasteiger partial charge on any atom is 0.341 e. The summed E-state index contributed by atoms with van der Waals surface area (Å²) in [7, 11) is 0. The van der Waals surface area contributed by atoms with Crippen LogP contribution in [0.4, 0.5) is 10.1 Å². The first-order chi connectivity index (χ1) is 9.69. The summed E-state index contributed by atoms with van der Waals surface area (Å²) in [5, 5.41) is 12.3. The molecule has 2 aromatic rings. The summed E-state index contributed by atoms with van der Waals surface area (Å²) in [6, 6.07) is 4.50. The fourth-order valence-corrected chi connectivity index (χ4v) is 1.92. The number of aliphatic hydroxyl groups is 1.